The highest BCUT2D eigenvalue weighted by Crippen LogP contribution is 1.99. The maximum absolute atomic E-state index is 4.24. The van der Waals surface area contributed by atoms with Gasteiger partial charge in [-0.3, -0.25) is 0 Å². The molecule has 0 aromatic carbocycles. The van der Waals surface area contributed by atoms with Crippen molar-refractivity contribution < 1.29 is 0 Å². The third-order valence-electron chi connectivity index (χ3n) is 1.47. The fourth-order valence-electron chi connectivity index (χ4n) is 0.996. The lowest BCUT2D eigenvalue weighted by Crippen LogP contribution is -1.91. The highest BCUT2D eigenvalue weighted by atomic mass is 31.0. The molecule has 2 aromatic rings. The van der Waals surface area contributed by atoms with Gasteiger partial charge in [0.25, 0.3) is 0 Å². The molecule has 3 nitrogen and oxygen atoms in total. The van der Waals surface area contributed by atoms with Crippen molar-refractivity contribution in [2.24, 2.45) is 0 Å². The maximum Gasteiger partial charge on any atom is 0.154 e. The van der Waals surface area contributed by atoms with E-state index in [4.69, 9.17) is 0 Å². The van der Waals surface area contributed by atoms with Gasteiger partial charge in [-0.2, -0.15) is 5.10 Å². The second kappa shape index (κ2) is 2.28. The van der Waals surface area contributed by atoms with Crippen LogP contribution in [0.1, 0.15) is 5.69 Å². The molecular formula is C7H8N3P. The molecule has 0 aliphatic carbocycles. The molecule has 0 spiro atoms. The van der Waals surface area contributed by atoms with Crippen LogP contribution in [0.3, 0.4) is 0 Å². The minimum Gasteiger partial charge on any atom is -0.228 e. The Morgan fingerprint density at radius 1 is 1.45 bits per heavy atom. The number of aromatic nitrogens is 3. The summed E-state index contributed by atoms with van der Waals surface area (Å²) >= 11 is 0. The van der Waals surface area contributed by atoms with Crippen molar-refractivity contribution >= 4 is 20.3 Å². The first-order valence-corrected chi connectivity index (χ1v) is 3.92. The van der Waals surface area contributed by atoms with Crippen molar-refractivity contribution in [3.05, 3.63) is 24.0 Å². The first-order chi connectivity index (χ1) is 5.25. The summed E-state index contributed by atoms with van der Waals surface area (Å²) in [4.78, 5) is 4.22. The zero-order chi connectivity index (χ0) is 7.84. The lowest BCUT2D eigenvalue weighted by atomic mass is 10.4. The third-order valence-corrected chi connectivity index (χ3v) is 1.75. The molecule has 0 saturated carbocycles. The highest BCUT2D eigenvalue weighted by molar-refractivity contribution is 7.26. The van der Waals surface area contributed by atoms with Crippen molar-refractivity contribution in [1.82, 2.24) is 14.6 Å². The molecule has 0 aliphatic rings. The van der Waals surface area contributed by atoms with Crippen LogP contribution in [-0.4, -0.2) is 14.6 Å². The molecule has 1 atom stereocenters. The summed E-state index contributed by atoms with van der Waals surface area (Å²) in [7, 11) is 2.55. The summed E-state index contributed by atoms with van der Waals surface area (Å²) in [5.74, 6) is 0. The van der Waals surface area contributed by atoms with Crippen molar-refractivity contribution in [2.75, 3.05) is 0 Å². The summed E-state index contributed by atoms with van der Waals surface area (Å²) in [6.07, 6.45) is 1.88. The van der Waals surface area contributed by atoms with E-state index in [1.54, 1.807) is 4.52 Å². The van der Waals surface area contributed by atoms with Crippen LogP contribution in [0.15, 0.2) is 18.3 Å². The summed E-state index contributed by atoms with van der Waals surface area (Å²) in [5.41, 5.74) is 2.81. The van der Waals surface area contributed by atoms with Gasteiger partial charge < -0.3 is 0 Å². The van der Waals surface area contributed by atoms with Crippen LogP contribution in [0, 0.1) is 6.92 Å². The van der Waals surface area contributed by atoms with Gasteiger partial charge >= 0.3 is 0 Å². The van der Waals surface area contributed by atoms with Crippen LogP contribution < -0.4 is 5.44 Å². The van der Waals surface area contributed by atoms with E-state index in [1.165, 1.54) is 0 Å². The summed E-state index contributed by atoms with van der Waals surface area (Å²) in [6.45, 7) is 1.96. The van der Waals surface area contributed by atoms with E-state index in [2.05, 4.69) is 19.3 Å². The molecule has 2 rings (SSSR count). The molecule has 2 aromatic heterocycles. The largest absolute Gasteiger partial charge is 0.228 e. The predicted molar refractivity (Wildman–Crippen MR) is 47.1 cm³/mol. The Morgan fingerprint density at radius 2 is 2.27 bits per heavy atom. The molecule has 0 amide bonds. The second-order valence-corrected chi connectivity index (χ2v) is 3.03. The first-order valence-electron chi connectivity index (χ1n) is 3.34. The zero-order valence-corrected chi connectivity index (χ0v) is 7.31. The van der Waals surface area contributed by atoms with E-state index in [9.17, 15) is 0 Å². The molecule has 1 unspecified atom stereocenters. The highest BCUT2D eigenvalue weighted by Gasteiger charge is 1.96. The van der Waals surface area contributed by atoms with Crippen LogP contribution in [0.4, 0.5) is 0 Å². The molecule has 11 heavy (non-hydrogen) atoms. The van der Waals surface area contributed by atoms with Crippen molar-refractivity contribution in [3.8, 4) is 0 Å². The Balaban J connectivity index is 2.82. The average molecular weight is 165 g/mol. The third kappa shape index (κ3) is 1.12. The first kappa shape index (κ1) is 6.74. The van der Waals surface area contributed by atoms with Gasteiger partial charge in [-0.05, 0) is 19.1 Å². The Labute approximate surface area is 66.7 Å². The van der Waals surface area contributed by atoms with Crippen LogP contribution in [-0.2, 0) is 0 Å². The van der Waals surface area contributed by atoms with Crippen LogP contribution >= 0.6 is 9.24 Å². The fourth-order valence-corrected chi connectivity index (χ4v) is 1.27. The SMILES string of the molecule is Cc1ccc2nc(P)cn2n1. The van der Waals surface area contributed by atoms with Gasteiger partial charge in [0.05, 0.1) is 17.3 Å². The van der Waals surface area contributed by atoms with Gasteiger partial charge in [-0.25, -0.2) is 9.50 Å². The molecule has 0 fully saturated rings. The van der Waals surface area contributed by atoms with Gasteiger partial charge in [0.15, 0.2) is 5.65 Å². The predicted octanol–water partition coefficient (Wildman–Crippen LogP) is 0.538. The number of imidazole rings is 1. The van der Waals surface area contributed by atoms with E-state index in [1.807, 2.05) is 25.3 Å². The normalized spacial score (nSPS) is 10.7. The standard InChI is InChI=1S/C7H8N3P/c1-5-2-3-6-8-7(11)4-10(6)9-5/h2-4H,11H2,1H3. The number of hydrogen-bond donors (Lipinski definition) is 0. The fraction of sp³-hybridized carbons (Fsp3) is 0.143. The maximum atomic E-state index is 4.24. The molecule has 4 heteroatoms. The van der Waals surface area contributed by atoms with Gasteiger partial charge in [0.1, 0.15) is 0 Å². The van der Waals surface area contributed by atoms with Gasteiger partial charge in [0.2, 0.25) is 0 Å². The molecule has 0 radical (unpaired) electrons. The summed E-state index contributed by atoms with van der Waals surface area (Å²) in [5, 5.41) is 4.24. The lowest BCUT2D eigenvalue weighted by Gasteiger charge is -1.91. The summed E-state index contributed by atoms with van der Waals surface area (Å²) in [6, 6.07) is 3.91. The number of aryl methyl sites for hydroxylation is 1. The molecule has 0 bridgehead atoms. The van der Waals surface area contributed by atoms with Crippen molar-refractivity contribution in [2.45, 2.75) is 6.92 Å². The molecule has 0 saturated heterocycles. The van der Waals surface area contributed by atoms with E-state index in [0.717, 1.165) is 16.8 Å². The Kier molecular flexibility index (Phi) is 1.40. The molecule has 0 aliphatic heterocycles. The lowest BCUT2D eigenvalue weighted by molar-refractivity contribution is 0.902. The van der Waals surface area contributed by atoms with E-state index >= 15 is 0 Å². The quantitative estimate of drug-likeness (QED) is 0.533. The summed E-state index contributed by atoms with van der Waals surface area (Å²) < 4.78 is 1.78. The smallest absolute Gasteiger partial charge is 0.154 e. The van der Waals surface area contributed by atoms with Crippen LogP contribution in [0.5, 0.6) is 0 Å². The number of nitrogens with zero attached hydrogens (tertiary/aromatic N) is 3. The van der Waals surface area contributed by atoms with E-state index in [-0.39, 0.29) is 0 Å². The average Bonchev–Trinajstić information content (AvgIpc) is 2.27. The Morgan fingerprint density at radius 3 is 3.09 bits per heavy atom. The van der Waals surface area contributed by atoms with Crippen LogP contribution in [0.2, 0.25) is 0 Å². The van der Waals surface area contributed by atoms with Crippen LogP contribution in [0.25, 0.3) is 5.65 Å². The van der Waals surface area contributed by atoms with E-state index in [0.29, 0.717) is 0 Å². The number of fused-ring (bicyclic) bond motifs is 1. The Bertz CT molecular complexity index is 393. The molecular weight excluding hydrogens is 157 g/mol. The second-order valence-electron chi connectivity index (χ2n) is 2.44. The van der Waals surface area contributed by atoms with Gasteiger partial charge in [-0.15, -0.1) is 0 Å². The zero-order valence-electron chi connectivity index (χ0n) is 6.15. The van der Waals surface area contributed by atoms with E-state index < -0.39 is 0 Å². The molecule has 2 heterocycles. The monoisotopic (exact) mass is 165 g/mol. The minimum absolute atomic E-state index is 0.889. The number of rotatable bonds is 0. The molecule has 56 valence electrons. The topological polar surface area (TPSA) is 30.2 Å². The molecule has 0 N–H and O–H groups in total. The minimum atomic E-state index is 0.889. The van der Waals surface area contributed by atoms with Crippen molar-refractivity contribution in [1.29, 1.82) is 0 Å². The van der Waals surface area contributed by atoms with Gasteiger partial charge in [-0.1, -0.05) is 9.24 Å². The Hall–Kier alpha value is -0.950. The van der Waals surface area contributed by atoms with Gasteiger partial charge in [0, 0.05) is 0 Å². The van der Waals surface area contributed by atoms with Crippen molar-refractivity contribution in [3.63, 3.8) is 0 Å². The number of hydrogen-bond acceptors (Lipinski definition) is 2.